The highest BCUT2D eigenvalue weighted by molar-refractivity contribution is 4.75. The zero-order chi connectivity index (χ0) is 9.40. The third-order valence-electron chi connectivity index (χ3n) is 1.79. The Morgan fingerprint density at radius 2 is 2.17 bits per heavy atom. The SMILES string of the molecule is C=CCC(C)NCC(C)COC. The van der Waals surface area contributed by atoms with Crippen LogP contribution in [0.2, 0.25) is 0 Å². The molecule has 0 rings (SSSR count). The molecule has 0 aromatic heterocycles. The minimum absolute atomic E-state index is 0.529. The maximum Gasteiger partial charge on any atom is 0.0499 e. The number of nitrogens with one attached hydrogen (secondary N) is 1. The predicted octanol–water partition coefficient (Wildman–Crippen LogP) is 1.82. The molecule has 12 heavy (non-hydrogen) atoms. The number of ether oxygens (including phenoxy) is 1. The van der Waals surface area contributed by atoms with Crippen molar-refractivity contribution in [3.8, 4) is 0 Å². The molecule has 0 fully saturated rings. The molecule has 2 heteroatoms. The summed E-state index contributed by atoms with van der Waals surface area (Å²) in [5.74, 6) is 0.585. The summed E-state index contributed by atoms with van der Waals surface area (Å²) in [5.41, 5.74) is 0. The average Bonchev–Trinajstić information content (AvgIpc) is 2.02. The number of hydrogen-bond donors (Lipinski definition) is 1. The molecule has 1 N–H and O–H groups in total. The lowest BCUT2D eigenvalue weighted by molar-refractivity contribution is 0.157. The Balaban J connectivity index is 3.32. The Labute approximate surface area is 76.0 Å². The monoisotopic (exact) mass is 171 g/mol. The molecule has 2 atom stereocenters. The van der Waals surface area contributed by atoms with Crippen LogP contribution in [0.1, 0.15) is 20.3 Å². The van der Waals surface area contributed by atoms with Crippen molar-refractivity contribution in [2.45, 2.75) is 26.3 Å². The van der Waals surface area contributed by atoms with Crippen molar-refractivity contribution in [1.82, 2.24) is 5.32 Å². The predicted molar refractivity (Wildman–Crippen MR) is 53.3 cm³/mol. The first-order chi connectivity index (χ1) is 5.70. The van der Waals surface area contributed by atoms with E-state index in [1.54, 1.807) is 7.11 Å². The second-order valence-electron chi connectivity index (χ2n) is 3.39. The first-order valence-corrected chi connectivity index (χ1v) is 4.54. The van der Waals surface area contributed by atoms with Crippen LogP contribution in [0.15, 0.2) is 12.7 Å². The van der Waals surface area contributed by atoms with Gasteiger partial charge in [-0.2, -0.15) is 0 Å². The van der Waals surface area contributed by atoms with Crippen LogP contribution < -0.4 is 5.32 Å². The van der Waals surface area contributed by atoms with Crippen molar-refractivity contribution in [3.63, 3.8) is 0 Å². The fourth-order valence-corrected chi connectivity index (χ4v) is 1.08. The molecular formula is C10H21NO. The highest BCUT2D eigenvalue weighted by Crippen LogP contribution is 1.96. The van der Waals surface area contributed by atoms with E-state index in [9.17, 15) is 0 Å². The molecule has 0 heterocycles. The van der Waals surface area contributed by atoms with Gasteiger partial charge in [0.2, 0.25) is 0 Å². The van der Waals surface area contributed by atoms with E-state index in [2.05, 4.69) is 25.7 Å². The van der Waals surface area contributed by atoms with Crippen molar-refractivity contribution in [1.29, 1.82) is 0 Å². The van der Waals surface area contributed by atoms with Gasteiger partial charge in [0.1, 0.15) is 0 Å². The maximum absolute atomic E-state index is 5.04. The van der Waals surface area contributed by atoms with Gasteiger partial charge < -0.3 is 10.1 Å². The summed E-state index contributed by atoms with van der Waals surface area (Å²) >= 11 is 0. The first kappa shape index (κ1) is 11.7. The molecule has 0 radical (unpaired) electrons. The van der Waals surface area contributed by atoms with Crippen LogP contribution in [0.3, 0.4) is 0 Å². The molecule has 0 aromatic carbocycles. The lowest BCUT2D eigenvalue weighted by atomic mass is 10.1. The van der Waals surface area contributed by atoms with E-state index < -0.39 is 0 Å². The topological polar surface area (TPSA) is 21.3 Å². The molecule has 0 aliphatic rings. The zero-order valence-electron chi connectivity index (χ0n) is 8.47. The normalized spacial score (nSPS) is 15.6. The molecule has 0 saturated heterocycles. The van der Waals surface area contributed by atoms with Gasteiger partial charge in [-0.15, -0.1) is 6.58 Å². The van der Waals surface area contributed by atoms with Crippen LogP contribution in [0.4, 0.5) is 0 Å². The molecule has 0 aliphatic carbocycles. The largest absolute Gasteiger partial charge is 0.384 e. The van der Waals surface area contributed by atoms with Gasteiger partial charge in [0.15, 0.2) is 0 Å². The summed E-state index contributed by atoms with van der Waals surface area (Å²) in [6, 6.07) is 0.529. The Bertz CT molecular complexity index is 114. The van der Waals surface area contributed by atoms with Gasteiger partial charge in [-0.25, -0.2) is 0 Å². The van der Waals surface area contributed by atoms with Crippen LogP contribution in [-0.2, 0) is 4.74 Å². The van der Waals surface area contributed by atoms with Crippen LogP contribution in [-0.4, -0.2) is 26.3 Å². The summed E-state index contributed by atoms with van der Waals surface area (Å²) in [6.07, 6.45) is 2.97. The molecule has 2 unspecified atom stereocenters. The van der Waals surface area contributed by atoms with Gasteiger partial charge in [0, 0.05) is 26.3 Å². The molecule has 72 valence electrons. The number of methoxy groups -OCH3 is 1. The van der Waals surface area contributed by atoms with Crippen LogP contribution in [0.5, 0.6) is 0 Å². The summed E-state index contributed by atoms with van der Waals surface area (Å²) in [5, 5.41) is 3.42. The second kappa shape index (κ2) is 7.32. The second-order valence-corrected chi connectivity index (χ2v) is 3.39. The molecule has 0 spiro atoms. The van der Waals surface area contributed by atoms with Gasteiger partial charge in [0.05, 0.1) is 0 Å². The summed E-state index contributed by atoms with van der Waals surface area (Å²) in [4.78, 5) is 0. The van der Waals surface area contributed by atoms with E-state index in [1.807, 2.05) is 6.08 Å². The average molecular weight is 171 g/mol. The van der Waals surface area contributed by atoms with E-state index in [0.29, 0.717) is 12.0 Å². The van der Waals surface area contributed by atoms with Crippen LogP contribution in [0.25, 0.3) is 0 Å². The number of hydrogen-bond acceptors (Lipinski definition) is 2. The molecule has 2 nitrogen and oxygen atoms in total. The highest BCUT2D eigenvalue weighted by atomic mass is 16.5. The Hall–Kier alpha value is -0.340. The van der Waals surface area contributed by atoms with E-state index in [-0.39, 0.29) is 0 Å². The van der Waals surface area contributed by atoms with Gasteiger partial charge in [0.25, 0.3) is 0 Å². The molecular weight excluding hydrogens is 150 g/mol. The van der Waals surface area contributed by atoms with E-state index in [0.717, 1.165) is 19.6 Å². The minimum atomic E-state index is 0.529. The Morgan fingerprint density at radius 3 is 2.67 bits per heavy atom. The van der Waals surface area contributed by atoms with Crippen LogP contribution in [0, 0.1) is 5.92 Å². The van der Waals surface area contributed by atoms with Crippen molar-refractivity contribution in [2.75, 3.05) is 20.3 Å². The van der Waals surface area contributed by atoms with Gasteiger partial charge >= 0.3 is 0 Å². The summed E-state index contributed by atoms with van der Waals surface area (Å²) in [7, 11) is 1.74. The maximum atomic E-state index is 5.04. The molecule has 0 amide bonds. The standard InChI is InChI=1S/C10H21NO/c1-5-6-10(3)11-7-9(2)8-12-4/h5,9-11H,1,6-8H2,2-4H3. The lowest BCUT2D eigenvalue weighted by Crippen LogP contribution is -2.31. The smallest absolute Gasteiger partial charge is 0.0499 e. The summed E-state index contributed by atoms with van der Waals surface area (Å²) in [6.45, 7) is 9.89. The van der Waals surface area contributed by atoms with Gasteiger partial charge in [-0.05, 0) is 19.3 Å². The third-order valence-corrected chi connectivity index (χ3v) is 1.79. The van der Waals surface area contributed by atoms with E-state index in [4.69, 9.17) is 4.74 Å². The molecule has 0 aromatic rings. The van der Waals surface area contributed by atoms with Crippen molar-refractivity contribution >= 4 is 0 Å². The Kier molecular flexibility index (Phi) is 7.11. The molecule has 0 saturated carbocycles. The Morgan fingerprint density at radius 1 is 1.50 bits per heavy atom. The highest BCUT2D eigenvalue weighted by Gasteiger charge is 2.03. The van der Waals surface area contributed by atoms with Crippen molar-refractivity contribution in [2.24, 2.45) is 5.92 Å². The zero-order valence-corrected chi connectivity index (χ0v) is 8.47. The van der Waals surface area contributed by atoms with E-state index in [1.165, 1.54) is 0 Å². The van der Waals surface area contributed by atoms with Gasteiger partial charge in [-0.1, -0.05) is 13.0 Å². The van der Waals surface area contributed by atoms with Gasteiger partial charge in [-0.3, -0.25) is 0 Å². The lowest BCUT2D eigenvalue weighted by Gasteiger charge is -2.15. The fraction of sp³-hybridized carbons (Fsp3) is 0.800. The number of rotatable bonds is 7. The van der Waals surface area contributed by atoms with E-state index >= 15 is 0 Å². The summed E-state index contributed by atoms with van der Waals surface area (Å²) < 4.78 is 5.04. The first-order valence-electron chi connectivity index (χ1n) is 4.54. The fourth-order valence-electron chi connectivity index (χ4n) is 1.08. The molecule has 0 bridgehead atoms. The quantitative estimate of drug-likeness (QED) is 0.590. The minimum Gasteiger partial charge on any atom is -0.384 e. The third kappa shape index (κ3) is 6.38. The van der Waals surface area contributed by atoms with Crippen LogP contribution >= 0.6 is 0 Å². The van der Waals surface area contributed by atoms with Crippen molar-refractivity contribution < 1.29 is 4.74 Å². The van der Waals surface area contributed by atoms with Crippen molar-refractivity contribution in [3.05, 3.63) is 12.7 Å². The molecule has 0 aliphatic heterocycles.